The lowest BCUT2D eigenvalue weighted by Gasteiger charge is -2.25. The molecule has 0 heterocycles. The van der Waals surface area contributed by atoms with Gasteiger partial charge in [-0.3, -0.25) is 0 Å². The predicted octanol–water partition coefficient (Wildman–Crippen LogP) is 2.97. The summed E-state index contributed by atoms with van der Waals surface area (Å²) in [5.74, 6) is -6.00. The summed E-state index contributed by atoms with van der Waals surface area (Å²) in [4.78, 5) is 11.3. The number of rotatable bonds is 4. The number of carbonyl (C=O) groups excluding carboxylic acids is 1. The number of nitrogens with two attached hydrogens (primary N) is 1. The lowest BCUT2D eigenvalue weighted by atomic mass is 9.94. The standard InChI is InChI=1S/C13H16BrF2NO3/c1-4-20-12(19)13(15,16)11(17)9-7(3)10(14)6(2)5-8(9)18/h5,11,18H,4,17H2,1-3H3/t11-/m1/s1. The number of ether oxygens (including phenoxy) is 1. The third-order valence-corrected chi connectivity index (χ3v) is 4.18. The molecule has 0 bridgehead atoms. The van der Waals surface area contributed by atoms with E-state index in [4.69, 9.17) is 5.73 Å². The van der Waals surface area contributed by atoms with E-state index in [0.29, 0.717) is 15.6 Å². The minimum absolute atomic E-state index is 0.177. The fourth-order valence-electron chi connectivity index (χ4n) is 1.88. The van der Waals surface area contributed by atoms with Crippen molar-refractivity contribution in [1.82, 2.24) is 0 Å². The number of carbonyl (C=O) groups is 1. The van der Waals surface area contributed by atoms with Crippen molar-refractivity contribution in [2.45, 2.75) is 32.7 Å². The van der Waals surface area contributed by atoms with E-state index in [-0.39, 0.29) is 17.9 Å². The van der Waals surface area contributed by atoms with Crippen LogP contribution in [0.15, 0.2) is 10.5 Å². The fraction of sp³-hybridized carbons (Fsp3) is 0.462. The molecule has 0 saturated carbocycles. The first kappa shape index (κ1) is 16.8. The maximum Gasteiger partial charge on any atom is 0.379 e. The van der Waals surface area contributed by atoms with Gasteiger partial charge in [-0.15, -0.1) is 0 Å². The molecule has 1 aromatic carbocycles. The summed E-state index contributed by atoms with van der Waals surface area (Å²) in [5, 5.41) is 9.86. The molecule has 0 radical (unpaired) electrons. The van der Waals surface area contributed by atoms with Crippen molar-refractivity contribution in [2.75, 3.05) is 6.61 Å². The van der Waals surface area contributed by atoms with Crippen molar-refractivity contribution in [3.63, 3.8) is 0 Å². The number of aromatic hydroxyl groups is 1. The highest BCUT2D eigenvalue weighted by Gasteiger charge is 2.49. The minimum Gasteiger partial charge on any atom is -0.508 e. The number of hydrogen-bond donors (Lipinski definition) is 2. The van der Waals surface area contributed by atoms with Crippen molar-refractivity contribution in [1.29, 1.82) is 0 Å². The van der Waals surface area contributed by atoms with Gasteiger partial charge in [0.25, 0.3) is 0 Å². The van der Waals surface area contributed by atoms with Crippen LogP contribution in [0.5, 0.6) is 5.75 Å². The summed E-state index contributed by atoms with van der Waals surface area (Å²) in [5.41, 5.74) is 6.35. The number of aryl methyl sites for hydroxylation is 1. The number of halogens is 3. The van der Waals surface area contributed by atoms with E-state index >= 15 is 0 Å². The molecule has 0 aliphatic carbocycles. The summed E-state index contributed by atoms with van der Waals surface area (Å²) in [7, 11) is 0. The van der Waals surface area contributed by atoms with Crippen LogP contribution in [0.3, 0.4) is 0 Å². The third kappa shape index (κ3) is 2.93. The minimum atomic E-state index is -3.92. The summed E-state index contributed by atoms with van der Waals surface area (Å²) in [6.07, 6.45) is 0. The Morgan fingerprint density at radius 3 is 2.60 bits per heavy atom. The van der Waals surface area contributed by atoms with E-state index < -0.39 is 17.9 Å². The lowest BCUT2D eigenvalue weighted by Crippen LogP contribution is -2.42. The number of phenolic OH excluding ortho intramolecular Hbond substituents is 1. The van der Waals surface area contributed by atoms with Gasteiger partial charge in [-0.25, -0.2) is 4.79 Å². The Kier molecular flexibility index (Phi) is 5.10. The molecule has 0 amide bonds. The Hall–Kier alpha value is -1.21. The summed E-state index contributed by atoms with van der Waals surface area (Å²) >= 11 is 3.24. The first-order chi connectivity index (χ1) is 9.14. The van der Waals surface area contributed by atoms with Crippen LogP contribution in [0.2, 0.25) is 0 Å². The highest BCUT2D eigenvalue weighted by molar-refractivity contribution is 9.10. The molecular weight excluding hydrogens is 336 g/mol. The quantitative estimate of drug-likeness (QED) is 0.818. The van der Waals surface area contributed by atoms with Crippen LogP contribution in [0, 0.1) is 13.8 Å². The van der Waals surface area contributed by atoms with Gasteiger partial charge in [0.2, 0.25) is 0 Å². The molecule has 4 nitrogen and oxygen atoms in total. The highest BCUT2D eigenvalue weighted by Crippen LogP contribution is 2.40. The molecule has 1 aromatic rings. The normalized spacial score (nSPS) is 13.2. The van der Waals surface area contributed by atoms with Gasteiger partial charge in [0, 0.05) is 10.0 Å². The highest BCUT2D eigenvalue weighted by atomic mass is 79.9. The van der Waals surface area contributed by atoms with Gasteiger partial charge in [-0.2, -0.15) is 8.78 Å². The van der Waals surface area contributed by atoms with Crippen LogP contribution >= 0.6 is 15.9 Å². The molecule has 0 saturated heterocycles. The second kappa shape index (κ2) is 6.05. The molecule has 0 spiro atoms. The van der Waals surface area contributed by atoms with Gasteiger partial charge in [0.1, 0.15) is 11.8 Å². The van der Waals surface area contributed by atoms with Crippen molar-refractivity contribution < 1.29 is 23.4 Å². The van der Waals surface area contributed by atoms with Crippen molar-refractivity contribution >= 4 is 21.9 Å². The molecule has 0 aliphatic rings. The van der Waals surface area contributed by atoms with Crippen molar-refractivity contribution in [3.8, 4) is 5.75 Å². The fourth-order valence-corrected chi connectivity index (χ4v) is 2.21. The molecule has 112 valence electrons. The zero-order chi connectivity index (χ0) is 15.7. The number of alkyl halides is 2. The molecule has 1 rings (SSSR count). The largest absolute Gasteiger partial charge is 0.508 e. The zero-order valence-electron chi connectivity index (χ0n) is 11.3. The molecule has 1 atom stereocenters. The van der Waals surface area contributed by atoms with Gasteiger partial charge in [-0.05, 0) is 38.0 Å². The predicted molar refractivity (Wildman–Crippen MR) is 73.8 cm³/mol. The molecule has 3 N–H and O–H groups in total. The number of benzene rings is 1. The average Bonchev–Trinajstić information content (AvgIpc) is 2.36. The van der Waals surface area contributed by atoms with Crippen LogP contribution in [0.25, 0.3) is 0 Å². The molecule has 0 fully saturated rings. The Balaban J connectivity index is 3.31. The molecular formula is C13H16BrF2NO3. The number of hydrogen-bond acceptors (Lipinski definition) is 4. The van der Waals surface area contributed by atoms with Crippen molar-refractivity contribution in [2.24, 2.45) is 5.73 Å². The average molecular weight is 352 g/mol. The zero-order valence-corrected chi connectivity index (χ0v) is 12.9. The Bertz CT molecular complexity index is 535. The second-order valence-electron chi connectivity index (χ2n) is 4.39. The summed E-state index contributed by atoms with van der Waals surface area (Å²) in [6, 6.07) is -0.675. The number of esters is 1. The Labute approximate surface area is 124 Å². The second-order valence-corrected chi connectivity index (χ2v) is 5.18. The maximum absolute atomic E-state index is 13.9. The van der Waals surface area contributed by atoms with Gasteiger partial charge < -0.3 is 15.6 Å². The van der Waals surface area contributed by atoms with Crippen LogP contribution in [-0.4, -0.2) is 23.6 Å². The Morgan fingerprint density at radius 1 is 1.55 bits per heavy atom. The molecule has 7 heteroatoms. The molecule has 0 aliphatic heterocycles. The van der Waals surface area contributed by atoms with E-state index in [0.717, 1.165) is 0 Å². The van der Waals surface area contributed by atoms with E-state index in [1.807, 2.05) is 0 Å². The summed E-state index contributed by atoms with van der Waals surface area (Å²) < 4.78 is 32.8. The molecule has 0 unspecified atom stereocenters. The smallest absolute Gasteiger partial charge is 0.379 e. The van der Waals surface area contributed by atoms with E-state index in [9.17, 15) is 18.7 Å². The van der Waals surface area contributed by atoms with E-state index in [1.165, 1.54) is 19.9 Å². The Morgan fingerprint density at radius 2 is 2.10 bits per heavy atom. The summed E-state index contributed by atoms with van der Waals surface area (Å²) in [6.45, 7) is 4.48. The van der Waals surface area contributed by atoms with Crippen molar-refractivity contribution in [3.05, 3.63) is 27.2 Å². The first-order valence-corrected chi connectivity index (χ1v) is 6.73. The third-order valence-electron chi connectivity index (χ3n) is 2.96. The number of phenols is 1. The first-order valence-electron chi connectivity index (χ1n) is 5.93. The van der Waals surface area contributed by atoms with Gasteiger partial charge >= 0.3 is 11.9 Å². The molecule has 0 aromatic heterocycles. The van der Waals surface area contributed by atoms with E-state index in [2.05, 4.69) is 20.7 Å². The topological polar surface area (TPSA) is 72.5 Å². The van der Waals surface area contributed by atoms with Crippen LogP contribution in [-0.2, 0) is 9.53 Å². The maximum atomic E-state index is 13.9. The van der Waals surface area contributed by atoms with Gasteiger partial charge in [0.05, 0.1) is 6.61 Å². The monoisotopic (exact) mass is 351 g/mol. The van der Waals surface area contributed by atoms with Gasteiger partial charge in [-0.1, -0.05) is 15.9 Å². The van der Waals surface area contributed by atoms with Gasteiger partial charge in [0.15, 0.2) is 0 Å². The van der Waals surface area contributed by atoms with E-state index in [1.54, 1.807) is 6.92 Å². The van der Waals surface area contributed by atoms with Crippen LogP contribution < -0.4 is 5.73 Å². The lowest BCUT2D eigenvalue weighted by molar-refractivity contribution is -0.174. The molecule has 20 heavy (non-hydrogen) atoms. The van der Waals surface area contributed by atoms with Crippen LogP contribution in [0.4, 0.5) is 8.78 Å². The van der Waals surface area contributed by atoms with Crippen LogP contribution in [0.1, 0.15) is 29.7 Å². The SMILES string of the molecule is CCOC(=O)C(F)(F)[C@H](N)c1c(O)cc(C)c(Br)c1C.